The number of amides is 1. The van der Waals surface area contributed by atoms with Crippen molar-refractivity contribution in [1.82, 2.24) is 5.32 Å². The fourth-order valence-electron chi connectivity index (χ4n) is 1.80. The predicted molar refractivity (Wildman–Crippen MR) is 84.6 cm³/mol. The summed E-state index contributed by atoms with van der Waals surface area (Å²) < 4.78 is 4.85. The van der Waals surface area contributed by atoms with Crippen LogP contribution in [0, 0.1) is 0 Å². The van der Waals surface area contributed by atoms with Crippen molar-refractivity contribution in [3.8, 4) is 0 Å². The molecule has 0 aliphatic carbocycles. The lowest BCUT2D eigenvalue weighted by Crippen LogP contribution is -2.47. The molecule has 1 atom stereocenters. The number of halogens is 2. The van der Waals surface area contributed by atoms with Crippen molar-refractivity contribution < 1.29 is 9.53 Å². The molecule has 20 heavy (non-hydrogen) atoms. The van der Waals surface area contributed by atoms with Crippen molar-refractivity contribution in [2.75, 3.05) is 20.3 Å². The third-order valence-electron chi connectivity index (χ3n) is 2.99. The third kappa shape index (κ3) is 5.29. The molecule has 1 unspecified atom stereocenters. The van der Waals surface area contributed by atoms with Gasteiger partial charge in [-0.2, -0.15) is 0 Å². The minimum Gasteiger partial charge on any atom is -0.383 e. The van der Waals surface area contributed by atoms with Gasteiger partial charge in [-0.1, -0.05) is 43.6 Å². The highest BCUT2D eigenvalue weighted by Gasteiger charge is 2.24. The summed E-state index contributed by atoms with van der Waals surface area (Å²) in [6.45, 7) is 4.72. The van der Waals surface area contributed by atoms with Crippen molar-refractivity contribution in [3.05, 3.63) is 34.9 Å². The molecule has 0 aromatic heterocycles. The van der Waals surface area contributed by atoms with Gasteiger partial charge in [0.25, 0.3) is 0 Å². The first-order valence-corrected chi connectivity index (χ1v) is 6.53. The van der Waals surface area contributed by atoms with E-state index in [9.17, 15) is 4.79 Å². The van der Waals surface area contributed by atoms with Crippen molar-refractivity contribution in [3.63, 3.8) is 0 Å². The van der Waals surface area contributed by atoms with E-state index in [1.807, 2.05) is 38.1 Å². The van der Waals surface area contributed by atoms with E-state index in [0.717, 1.165) is 5.56 Å². The largest absolute Gasteiger partial charge is 0.383 e. The summed E-state index contributed by atoms with van der Waals surface area (Å²) in [6.07, 6.45) is 0. The van der Waals surface area contributed by atoms with E-state index in [1.165, 1.54) is 7.11 Å². The van der Waals surface area contributed by atoms with Crippen LogP contribution in [-0.2, 0) is 14.9 Å². The van der Waals surface area contributed by atoms with Gasteiger partial charge in [0.05, 0.1) is 6.61 Å². The molecule has 0 spiro atoms. The number of hydrogen-bond acceptors (Lipinski definition) is 3. The SMILES string of the molecule is COCC(N)C(=O)NCC(C)(C)c1ccccc1Cl.Cl. The number of carbonyl (C=O) groups is 1. The van der Waals surface area contributed by atoms with Gasteiger partial charge >= 0.3 is 0 Å². The molecule has 0 saturated carbocycles. The molecule has 1 aromatic carbocycles. The fraction of sp³-hybridized carbons (Fsp3) is 0.500. The summed E-state index contributed by atoms with van der Waals surface area (Å²) in [5.41, 5.74) is 6.40. The average Bonchev–Trinajstić information content (AvgIpc) is 2.36. The van der Waals surface area contributed by atoms with Gasteiger partial charge in [-0.15, -0.1) is 12.4 Å². The number of ether oxygens (including phenoxy) is 1. The number of carbonyl (C=O) groups excluding carboxylic acids is 1. The lowest BCUT2D eigenvalue weighted by Gasteiger charge is -2.27. The Hall–Kier alpha value is -0.810. The Labute approximate surface area is 131 Å². The molecule has 0 radical (unpaired) electrons. The summed E-state index contributed by atoms with van der Waals surface area (Å²) >= 11 is 6.18. The van der Waals surface area contributed by atoms with E-state index in [4.69, 9.17) is 22.1 Å². The van der Waals surface area contributed by atoms with Gasteiger partial charge in [-0.25, -0.2) is 0 Å². The second-order valence-corrected chi connectivity index (χ2v) is 5.55. The van der Waals surface area contributed by atoms with Gasteiger partial charge in [-0.05, 0) is 11.6 Å². The Morgan fingerprint density at radius 3 is 2.60 bits per heavy atom. The summed E-state index contributed by atoms with van der Waals surface area (Å²) in [5, 5.41) is 3.53. The number of methoxy groups -OCH3 is 1. The van der Waals surface area contributed by atoms with Crippen LogP contribution in [0.15, 0.2) is 24.3 Å². The molecule has 0 bridgehead atoms. The summed E-state index contributed by atoms with van der Waals surface area (Å²) in [6, 6.07) is 6.98. The standard InChI is InChI=1S/C14H21ClN2O2.ClH/c1-14(2,10-6-4-5-7-11(10)15)9-17-13(18)12(16)8-19-3;/h4-7,12H,8-9,16H2,1-3H3,(H,17,18);1H. The molecule has 1 rings (SSSR count). The van der Waals surface area contributed by atoms with Crippen molar-refractivity contribution in [2.45, 2.75) is 25.3 Å². The van der Waals surface area contributed by atoms with Crippen LogP contribution < -0.4 is 11.1 Å². The first-order chi connectivity index (χ1) is 8.88. The first kappa shape index (κ1) is 19.2. The van der Waals surface area contributed by atoms with Gasteiger partial charge < -0.3 is 15.8 Å². The summed E-state index contributed by atoms with van der Waals surface area (Å²) in [7, 11) is 1.51. The summed E-state index contributed by atoms with van der Waals surface area (Å²) in [5.74, 6) is -0.220. The van der Waals surface area contributed by atoms with E-state index in [2.05, 4.69) is 5.32 Å². The van der Waals surface area contributed by atoms with E-state index < -0.39 is 6.04 Å². The van der Waals surface area contributed by atoms with Gasteiger partial charge in [0.2, 0.25) is 5.91 Å². The predicted octanol–water partition coefficient (Wildman–Crippen LogP) is 2.13. The minimum absolute atomic E-state index is 0. The van der Waals surface area contributed by atoms with Crippen LogP contribution in [0.3, 0.4) is 0 Å². The lowest BCUT2D eigenvalue weighted by atomic mass is 9.84. The second-order valence-electron chi connectivity index (χ2n) is 5.14. The van der Waals surface area contributed by atoms with E-state index >= 15 is 0 Å². The quantitative estimate of drug-likeness (QED) is 0.844. The zero-order chi connectivity index (χ0) is 14.5. The van der Waals surface area contributed by atoms with Crippen LogP contribution in [0.25, 0.3) is 0 Å². The smallest absolute Gasteiger partial charge is 0.239 e. The number of nitrogens with two attached hydrogens (primary N) is 1. The van der Waals surface area contributed by atoms with Crippen molar-refractivity contribution in [1.29, 1.82) is 0 Å². The highest BCUT2D eigenvalue weighted by molar-refractivity contribution is 6.31. The number of benzene rings is 1. The van der Waals surface area contributed by atoms with Gasteiger partial charge in [0, 0.05) is 24.1 Å². The second kappa shape index (κ2) is 8.47. The Morgan fingerprint density at radius 1 is 1.45 bits per heavy atom. The maximum Gasteiger partial charge on any atom is 0.239 e. The molecule has 1 amide bonds. The maximum absolute atomic E-state index is 11.7. The molecule has 4 nitrogen and oxygen atoms in total. The highest BCUT2D eigenvalue weighted by Crippen LogP contribution is 2.28. The monoisotopic (exact) mass is 320 g/mol. The number of hydrogen-bond donors (Lipinski definition) is 2. The Morgan fingerprint density at radius 2 is 2.05 bits per heavy atom. The van der Waals surface area contributed by atoms with Crippen LogP contribution in [0.4, 0.5) is 0 Å². The molecule has 114 valence electrons. The zero-order valence-corrected chi connectivity index (χ0v) is 13.6. The molecule has 6 heteroatoms. The van der Waals surface area contributed by atoms with Crippen molar-refractivity contribution in [2.24, 2.45) is 5.73 Å². The zero-order valence-electron chi connectivity index (χ0n) is 12.0. The maximum atomic E-state index is 11.7. The average molecular weight is 321 g/mol. The number of nitrogens with one attached hydrogen (secondary N) is 1. The molecular formula is C14H22Cl2N2O2. The molecule has 0 aliphatic rings. The number of rotatable bonds is 6. The van der Waals surface area contributed by atoms with Crippen LogP contribution in [0.5, 0.6) is 0 Å². The van der Waals surface area contributed by atoms with Crippen LogP contribution in [0.2, 0.25) is 5.02 Å². The van der Waals surface area contributed by atoms with Crippen molar-refractivity contribution >= 4 is 29.9 Å². The van der Waals surface area contributed by atoms with Crippen LogP contribution in [-0.4, -0.2) is 32.2 Å². The molecular weight excluding hydrogens is 299 g/mol. The van der Waals surface area contributed by atoms with Crippen LogP contribution >= 0.6 is 24.0 Å². The first-order valence-electron chi connectivity index (χ1n) is 6.15. The van der Waals surface area contributed by atoms with E-state index in [0.29, 0.717) is 11.6 Å². The Bertz CT molecular complexity index is 439. The summed E-state index contributed by atoms with van der Waals surface area (Å²) in [4.78, 5) is 11.7. The third-order valence-corrected chi connectivity index (χ3v) is 3.32. The molecule has 0 aliphatic heterocycles. The molecule has 3 N–H and O–H groups in total. The molecule has 0 saturated heterocycles. The minimum atomic E-state index is -0.646. The van der Waals surface area contributed by atoms with E-state index in [-0.39, 0.29) is 30.3 Å². The molecule has 0 heterocycles. The fourth-order valence-corrected chi connectivity index (χ4v) is 2.19. The van der Waals surface area contributed by atoms with Gasteiger partial charge in [-0.3, -0.25) is 4.79 Å². The normalized spacial score (nSPS) is 12.4. The van der Waals surface area contributed by atoms with Gasteiger partial charge in [0.15, 0.2) is 0 Å². The highest BCUT2D eigenvalue weighted by atomic mass is 35.5. The van der Waals surface area contributed by atoms with E-state index in [1.54, 1.807) is 0 Å². The molecule has 1 aromatic rings. The Kier molecular flexibility index (Phi) is 8.13. The Balaban J connectivity index is 0.00000361. The lowest BCUT2D eigenvalue weighted by molar-refractivity contribution is -0.123. The topological polar surface area (TPSA) is 64.3 Å². The van der Waals surface area contributed by atoms with Gasteiger partial charge in [0.1, 0.15) is 6.04 Å². The van der Waals surface area contributed by atoms with Crippen LogP contribution in [0.1, 0.15) is 19.4 Å². The molecule has 0 fully saturated rings.